The molecule has 0 aliphatic rings. The molecule has 0 aliphatic carbocycles. The summed E-state index contributed by atoms with van der Waals surface area (Å²) >= 11 is 0. The minimum Gasteiger partial charge on any atom is -0.390 e. The van der Waals surface area contributed by atoms with Gasteiger partial charge in [0, 0.05) is 5.56 Å². The molecule has 0 atom stereocenters. The molecule has 0 amide bonds. The summed E-state index contributed by atoms with van der Waals surface area (Å²) in [7, 11) is 0. The zero-order valence-electron chi connectivity index (χ0n) is 12.2. The fraction of sp³-hybridized carbons (Fsp3) is 0.176. The van der Waals surface area contributed by atoms with Crippen LogP contribution in [0.25, 0.3) is 16.9 Å². The summed E-state index contributed by atoms with van der Waals surface area (Å²) in [6.07, 6.45) is 0.944. The second-order valence-corrected chi connectivity index (χ2v) is 4.95. The van der Waals surface area contributed by atoms with Crippen LogP contribution in [0.3, 0.4) is 0 Å². The zero-order valence-corrected chi connectivity index (χ0v) is 12.2. The lowest BCUT2D eigenvalue weighted by atomic mass is 10.1. The third kappa shape index (κ3) is 2.51. The number of aliphatic hydroxyl groups is 1. The third-order valence-corrected chi connectivity index (χ3v) is 3.61. The summed E-state index contributed by atoms with van der Waals surface area (Å²) in [4.78, 5) is 0. The molecule has 0 radical (unpaired) electrons. The zero-order chi connectivity index (χ0) is 15.5. The Kier molecular flexibility index (Phi) is 3.98. The van der Waals surface area contributed by atoms with Crippen LogP contribution in [-0.2, 0) is 13.0 Å². The molecule has 22 heavy (non-hydrogen) atoms. The van der Waals surface area contributed by atoms with Crippen molar-refractivity contribution in [3.63, 3.8) is 0 Å². The van der Waals surface area contributed by atoms with E-state index in [2.05, 4.69) is 17.2 Å². The van der Waals surface area contributed by atoms with Gasteiger partial charge >= 0.3 is 0 Å². The second kappa shape index (κ2) is 6.07. The first kappa shape index (κ1) is 14.4. The second-order valence-electron chi connectivity index (χ2n) is 4.95. The van der Waals surface area contributed by atoms with Gasteiger partial charge in [0.15, 0.2) is 0 Å². The fourth-order valence-electron chi connectivity index (χ4n) is 2.40. The first-order chi connectivity index (χ1) is 10.7. The Morgan fingerprint density at radius 2 is 1.82 bits per heavy atom. The number of aromatic nitrogens is 3. The Hall–Kier alpha value is -2.53. The number of hydrogen-bond acceptors (Lipinski definition) is 3. The molecule has 112 valence electrons. The Bertz CT molecular complexity index is 781. The van der Waals surface area contributed by atoms with Gasteiger partial charge in [-0.2, -0.15) is 0 Å². The maximum absolute atomic E-state index is 14.1. The molecule has 0 saturated heterocycles. The van der Waals surface area contributed by atoms with Crippen molar-refractivity contribution in [2.45, 2.75) is 20.0 Å². The van der Waals surface area contributed by atoms with Gasteiger partial charge in [-0.3, -0.25) is 0 Å². The topological polar surface area (TPSA) is 50.9 Å². The highest BCUT2D eigenvalue weighted by molar-refractivity contribution is 5.64. The summed E-state index contributed by atoms with van der Waals surface area (Å²) in [6, 6.07) is 14.2. The summed E-state index contributed by atoms with van der Waals surface area (Å²) in [5.74, 6) is -0.370. The molecule has 0 bridgehead atoms. The van der Waals surface area contributed by atoms with Crippen LogP contribution in [-0.4, -0.2) is 20.1 Å². The molecule has 4 nitrogen and oxygen atoms in total. The van der Waals surface area contributed by atoms with E-state index in [1.54, 1.807) is 22.9 Å². The van der Waals surface area contributed by atoms with Gasteiger partial charge in [0.1, 0.15) is 17.2 Å². The highest BCUT2D eigenvalue weighted by atomic mass is 19.1. The van der Waals surface area contributed by atoms with Gasteiger partial charge in [-0.1, -0.05) is 36.4 Å². The lowest BCUT2D eigenvalue weighted by Crippen LogP contribution is -2.01. The quantitative estimate of drug-likeness (QED) is 0.805. The molecule has 2 aromatic carbocycles. The SMILES string of the molecule is CCc1ccc(-n2nnc(CO)c2-c2ccccc2F)cc1. The first-order valence-electron chi connectivity index (χ1n) is 7.14. The number of aliphatic hydroxyl groups excluding tert-OH is 1. The van der Waals surface area contributed by atoms with Gasteiger partial charge in [0.25, 0.3) is 0 Å². The highest BCUT2D eigenvalue weighted by Crippen LogP contribution is 2.27. The van der Waals surface area contributed by atoms with E-state index < -0.39 is 0 Å². The molecule has 0 fully saturated rings. The Labute approximate surface area is 127 Å². The van der Waals surface area contributed by atoms with Gasteiger partial charge in [0.05, 0.1) is 12.3 Å². The first-order valence-corrected chi connectivity index (χ1v) is 7.14. The van der Waals surface area contributed by atoms with Crippen LogP contribution >= 0.6 is 0 Å². The lowest BCUT2D eigenvalue weighted by Gasteiger charge is -2.09. The summed E-state index contributed by atoms with van der Waals surface area (Å²) in [6.45, 7) is 1.79. The predicted octanol–water partition coefficient (Wildman–Crippen LogP) is 3.13. The summed E-state index contributed by atoms with van der Waals surface area (Å²) in [5.41, 5.74) is 3.19. The van der Waals surface area contributed by atoms with E-state index in [0.29, 0.717) is 17.0 Å². The molecular weight excluding hydrogens is 281 g/mol. The smallest absolute Gasteiger partial charge is 0.132 e. The van der Waals surface area contributed by atoms with Crippen molar-refractivity contribution >= 4 is 0 Å². The normalized spacial score (nSPS) is 10.9. The Morgan fingerprint density at radius 3 is 2.45 bits per heavy atom. The maximum Gasteiger partial charge on any atom is 0.132 e. The van der Waals surface area contributed by atoms with Crippen molar-refractivity contribution in [2.75, 3.05) is 0 Å². The number of rotatable bonds is 4. The van der Waals surface area contributed by atoms with Crippen LogP contribution in [0.5, 0.6) is 0 Å². The lowest BCUT2D eigenvalue weighted by molar-refractivity contribution is 0.277. The predicted molar refractivity (Wildman–Crippen MR) is 82.1 cm³/mol. The Balaban J connectivity index is 2.17. The monoisotopic (exact) mass is 297 g/mol. The van der Waals surface area contributed by atoms with Crippen LogP contribution in [0.2, 0.25) is 0 Å². The van der Waals surface area contributed by atoms with E-state index in [0.717, 1.165) is 12.1 Å². The van der Waals surface area contributed by atoms with E-state index >= 15 is 0 Å². The van der Waals surface area contributed by atoms with Crippen LogP contribution in [0.15, 0.2) is 48.5 Å². The maximum atomic E-state index is 14.1. The van der Waals surface area contributed by atoms with Gasteiger partial charge in [-0.05, 0) is 36.2 Å². The van der Waals surface area contributed by atoms with Gasteiger partial charge in [-0.25, -0.2) is 9.07 Å². The fourth-order valence-corrected chi connectivity index (χ4v) is 2.40. The average Bonchev–Trinajstić information content (AvgIpc) is 2.99. The number of aryl methyl sites for hydroxylation is 1. The number of benzene rings is 2. The van der Waals surface area contributed by atoms with E-state index in [-0.39, 0.29) is 12.4 Å². The largest absolute Gasteiger partial charge is 0.390 e. The molecule has 3 aromatic rings. The molecule has 1 aromatic heterocycles. The van der Waals surface area contributed by atoms with Gasteiger partial charge in [-0.15, -0.1) is 5.10 Å². The highest BCUT2D eigenvalue weighted by Gasteiger charge is 2.18. The van der Waals surface area contributed by atoms with E-state index in [1.807, 2.05) is 24.3 Å². The molecule has 0 saturated carbocycles. The van der Waals surface area contributed by atoms with Crippen molar-refractivity contribution in [1.29, 1.82) is 0 Å². The molecule has 0 unspecified atom stereocenters. The molecule has 5 heteroatoms. The van der Waals surface area contributed by atoms with E-state index in [4.69, 9.17) is 0 Å². The average molecular weight is 297 g/mol. The number of halogens is 1. The van der Waals surface area contributed by atoms with Crippen LogP contribution in [0.4, 0.5) is 4.39 Å². The number of hydrogen-bond donors (Lipinski definition) is 1. The van der Waals surface area contributed by atoms with E-state index in [1.165, 1.54) is 11.6 Å². The standard InChI is InChI=1S/C17H16FN3O/c1-2-12-7-9-13(10-8-12)21-17(16(11-22)19-20-21)14-5-3-4-6-15(14)18/h3-10,22H,2,11H2,1H3. The molecule has 1 N–H and O–H groups in total. The molecule has 0 spiro atoms. The minimum absolute atomic E-state index is 0.295. The molecule has 1 heterocycles. The van der Waals surface area contributed by atoms with Crippen molar-refractivity contribution in [2.24, 2.45) is 0 Å². The van der Waals surface area contributed by atoms with Crippen molar-refractivity contribution in [1.82, 2.24) is 15.0 Å². The van der Waals surface area contributed by atoms with Crippen molar-refractivity contribution in [3.8, 4) is 16.9 Å². The summed E-state index contributed by atoms with van der Waals surface area (Å²) < 4.78 is 15.7. The van der Waals surface area contributed by atoms with Crippen molar-refractivity contribution < 1.29 is 9.50 Å². The van der Waals surface area contributed by atoms with Crippen molar-refractivity contribution in [3.05, 3.63) is 65.6 Å². The minimum atomic E-state index is -0.370. The summed E-state index contributed by atoms with van der Waals surface area (Å²) in [5, 5.41) is 17.5. The van der Waals surface area contributed by atoms with Crippen LogP contribution in [0, 0.1) is 5.82 Å². The molecular formula is C17H16FN3O. The Morgan fingerprint density at radius 1 is 1.09 bits per heavy atom. The van der Waals surface area contributed by atoms with Crippen LogP contribution < -0.4 is 0 Å². The van der Waals surface area contributed by atoms with E-state index in [9.17, 15) is 9.50 Å². The molecule has 3 rings (SSSR count). The van der Waals surface area contributed by atoms with Gasteiger partial charge < -0.3 is 5.11 Å². The molecule has 0 aliphatic heterocycles. The van der Waals surface area contributed by atoms with Crippen LogP contribution in [0.1, 0.15) is 18.2 Å². The van der Waals surface area contributed by atoms with Gasteiger partial charge in [0.2, 0.25) is 0 Å². The number of nitrogens with zero attached hydrogens (tertiary/aromatic N) is 3. The third-order valence-electron chi connectivity index (χ3n) is 3.61.